The Bertz CT molecular complexity index is 1290. The minimum absolute atomic E-state index is 0.292. The van der Waals surface area contributed by atoms with Gasteiger partial charge < -0.3 is 16.0 Å². The SMILES string of the molecule is CNC(=O)c1cnc(Nc2ccccc2C)c(NC(=O)c2cccc3c2cnn3C)c1. The Kier molecular flexibility index (Phi) is 5.36. The fraction of sp³-hybridized carbons (Fsp3) is 0.130. The van der Waals surface area contributed by atoms with Crippen molar-refractivity contribution in [2.75, 3.05) is 17.7 Å². The normalized spacial score (nSPS) is 10.7. The number of nitrogens with one attached hydrogen (secondary N) is 3. The van der Waals surface area contributed by atoms with Crippen LogP contribution in [0.15, 0.2) is 60.9 Å². The molecule has 0 aliphatic rings. The van der Waals surface area contributed by atoms with Crippen LogP contribution in [0.3, 0.4) is 0 Å². The van der Waals surface area contributed by atoms with Crippen molar-refractivity contribution in [3.63, 3.8) is 0 Å². The van der Waals surface area contributed by atoms with Gasteiger partial charge in [-0.1, -0.05) is 24.3 Å². The molecule has 4 rings (SSSR count). The average Bonchev–Trinajstić information content (AvgIpc) is 3.16. The van der Waals surface area contributed by atoms with E-state index in [1.165, 1.54) is 6.20 Å². The highest BCUT2D eigenvalue weighted by atomic mass is 16.2. The van der Waals surface area contributed by atoms with E-state index in [-0.39, 0.29) is 11.8 Å². The van der Waals surface area contributed by atoms with Crippen molar-refractivity contribution in [1.29, 1.82) is 0 Å². The Labute approximate surface area is 179 Å². The fourth-order valence-electron chi connectivity index (χ4n) is 3.33. The zero-order chi connectivity index (χ0) is 22.0. The van der Waals surface area contributed by atoms with Crippen LogP contribution in [0.2, 0.25) is 0 Å². The molecule has 2 aromatic heterocycles. The number of rotatable bonds is 5. The molecule has 8 heteroatoms. The summed E-state index contributed by atoms with van der Waals surface area (Å²) in [5.74, 6) is -0.171. The second-order valence-electron chi connectivity index (χ2n) is 7.10. The molecule has 0 spiro atoms. The van der Waals surface area contributed by atoms with E-state index in [2.05, 4.69) is 26.0 Å². The van der Waals surface area contributed by atoms with Crippen molar-refractivity contribution < 1.29 is 9.59 Å². The number of aryl methyl sites for hydroxylation is 2. The van der Waals surface area contributed by atoms with Gasteiger partial charge in [-0.05, 0) is 36.8 Å². The van der Waals surface area contributed by atoms with E-state index in [0.717, 1.165) is 22.2 Å². The van der Waals surface area contributed by atoms with Crippen molar-refractivity contribution in [3.8, 4) is 0 Å². The highest BCUT2D eigenvalue weighted by Crippen LogP contribution is 2.27. The molecule has 2 aromatic carbocycles. The molecule has 4 aromatic rings. The Balaban J connectivity index is 1.73. The number of hydrogen-bond acceptors (Lipinski definition) is 5. The summed E-state index contributed by atoms with van der Waals surface area (Å²) in [6.07, 6.45) is 3.13. The van der Waals surface area contributed by atoms with Gasteiger partial charge >= 0.3 is 0 Å². The van der Waals surface area contributed by atoms with Crippen LogP contribution in [-0.4, -0.2) is 33.6 Å². The molecule has 0 aliphatic heterocycles. The van der Waals surface area contributed by atoms with Gasteiger partial charge in [0, 0.05) is 31.4 Å². The third kappa shape index (κ3) is 3.95. The number of anilines is 3. The van der Waals surface area contributed by atoms with Crippen molar-refractivity contribution in [3.05, 3.63) is 77.6 Å². The number of para-hydroxylation sites is 1. The molecule has 0 aliphatic carbocycles. The Morgan fingerprint density at radius 2 is 1.77 bits per heavy atom. The Morgan fingerprint density at radius 3 is 2.55 bits per heavy atom. The standard InChI is InChI=1S/C23H22N6O2/c1-14-7-4-5-9-18(14)27-21-19(11-15(12-25-21)22(30)24-2)28-23(31)16-8-6-10-20-17(16)13-26-29(20)3/h4-13H,1-3H3,(H,24,30)(H,25,27)(H,28,31). The second kappa shape index (κ2) is 8.27. The molecule has 0 unspecified atom stereocenters. The molecule has 0 radical (unpaired) electrons. The summed E-state index contributed by atoms with van der Waals surface area (Å²) in [7, 11) is 3.37. The first-order chi connectivity index (χ1) is 15.0. The van der Waals surface area contributed by atoms with Gasteiger partial charge in [-0.25, -0.2) is 4.98 Å². The van der Waals surface area contributed by atoms with E-state index in [1.54, 1.807) is 30.1 Å². The number of amides is 2. The third-order valence-corrected chi connectivity index (χ3v) is 5.06. The molecular weight excluding hydrogens is 392 g/mol. The molecule has 2 amide bonds. The molecule has 31 heavy (non-hydrogen) atoms. The number of benzene rings is 2. The summed E-state index contributed by atoms with van der Waals surface area (Å²) in [6.45, 7) is 1.97. The lowest BCUT2D eigenvalue weighted by atomic mass is 10.1. The molecule has 0 atom stereocenters. The molecule has 156 valence electrons. The summed E-state index contributed by atoms with van der Waals surface area (Å²) in [5, 5.41) is 13.7. The van der Waals surface area contributed by atoms with Crippen LogP contribution in [0.25, 0.3) is 10.9 Å². The van der Waals surface area contributed by atoms with E-state index in [9.17, 15) is 9.59 Å². The van der Waals surface area contributed by atoms with Crippen molar-refractivity contribution in [2.24, 2.45) is 7.05 Å². The maximum atomic E-state index is 13.2. The van der Waals surface area contributed by atoms with Gasteiger partial charge in [-0.15, -0.1) is 0 Å². The number of hydrogen-bond donors (Lipinski definition) is 3. The van der Waals surface area contributed by atoms with Gasteiger partial charge in [0.1, 0.15) is 0 Å². The predicted molar refractivity (Wildman–Crippen MR) is 121 cm³/mol. The molecule has 8 nitrogen and oxygen atoms in total. The van der Waals surface area contributed by atoms with Crippen LogP contribution >= 0.6 is 0 Å². The molecule has 0 fully saturated rings. The number of nitrogens with zero attached hydrogens (tertiary/aromatic N) is 3. The largest absolute Gasteiger partial charge is 0.355 e. The van der Waals surface area contributed by atoms with Gasteiger partial charge in [0.15, 0.2) is 5.82 Å². The van der Waals surface area contributed by atoms with Crippen LogP contribution in [0.5, 0.6) is 0 Å². The highest BCUT2D eigenvalue weighted by molar-refractivity contribution is 6.13. The zero-order valence-electron chi connectivity index (χ0n) is 17.4. The van der Waals surface area contributed by atoms with Crippen LogP contribution in [0, 0.1) is 6.92 Å². The number of pyridine rings is 1. The topological polar surface area (TPSA) is 101 Å². The van der Waals surface area contributed by atoms with Gasteiger partial charge in [-0.2, -0.15) is 5.10 Å². The van der Waals surface area contributed by atoms with Crippen molar-refractivity contribution in [2.45, 2.75) is 6.92 Å². The lowest BCUT2D eigenvalue weighted by Gasteiger charge is -2.15. The highest BCUT2D eigenvalue weighted by Gasteiger charge is 2.17. The first-order valence-electron chi connectivity index (χ1n) is 9.75. The van der Waals surface area contributed by atoms with Crippen LogP contribution in [0.1, 0.15) is 26.3 Å². The Morgan fingerprint density at radius 1 is 0.968 bits per heavy atom. The first kappa shape index (κ1) is 20.1. The summed E-state index contributed by atoms with van der Waals surface area (Å²) in [5.41, 5.74) is 3.95. The molecule has 0 bridgehead atoms. The van der Waals surface area contributed by atoms with E-state index >= 15 is 0 Å². The van der Waals surface area contributed by atoms with Crippen LogP contribution < -0.4 is 16.0 Å². The first-order valence-corrected chi connectivity index (χ1v) is 9.75. The molecule has 2 heterocycles. The van der Waals surface area contributed by atoms with Crippen LogP contribution in [0.4, 0.5) is 17.2 Å². The predicted octanol–water partition coefficient (Wildman–Crippen LogP) is 3.63. The smallest absolute Gasteiger partial charge is 0.256 e. The van der Waals surface area contributed by atoms with Crippen molar-refractivity contribution >= 4 is 39.9 Å². The monoisotopic (exact) mass is 414 g/mol. The maximum Gasteiger partial charge on any atom is 0.256 e. The number of fused-ring (bicyclic) bond motifs is 1. The van der Waals surface area contributed by atoms with Gasteiger partial charge in [0.05, 0.1) is 28.5 Å². The van der Waals surface area contributed by atoms with E-state index in [4.69, 9.17) is 0 Å². The van der Waals surface area contributed by atoms with E-state index < -0.39 is 0 Å². The molecule has 0 saturated heterocycles. The second-order valence-corrected chi connectivity index (χ2v) is 7.10. The van der Waals surface area contributed by atoms with Crippen LogP contribution in [-0.2, 0) is 7.05 Å². The minimum Gasteiger partial charge on any atom is -0.355 e. The molecule has 0 saturated carbocycles. The summed E-state index contributed by atoms with van der Waals surface area (Å²) >= 11 is 0. The quantitative estimate of drug-likeness (QED) is 0.463. The van der Waals surface area contributed by atoms with Gasteiger partial charge in [0.2, 0.25) is 0 Å². The lowest BCUT2D eigenvalue weighted by Crippen LogP contribution is -2.20. The minimum atomic E-state index is -0.317. The number of aromatic nitrogens is 3. The Hall–Kier alpha value is -4.20. The van der Waals surface area contributed by atoms with Gasteiger partial charge in [0.25, 0.3) is 11.8 Å². The summed E-state index contributed by atoms with van der Waals surface area (Å²) < 4.78 is 1.71. The number of carbonyl (C=O) groups is 2. The van der Waals surface area contributed by atoms with E-state index in [1.807, 2.05) is 50.4 Å². The molecule has 3 N–H and O–H groups in total. The van der Waals surface area contributed by atoms with Crippen molar-refractivity contribution in [1.82, 2.24) is 20.1 Å². The zero-order valence-corrected chi connectivity index (χ0v) is 17.4. The molecular formula is C23H22N6O2. The fourth-order valence-corrected chi connectivity index (χ4v) is 3.33. The maximum absolute atomic E-state index is 13.2. The van der Waals surface area contributed by atoms with Gasteiger partial charge in [-0.3, -0.25) is 14.3 Å². The average molecular weight is 414 g/mol. The van der Waals surface area contributed by atoms with E-state index in [0.29, 0.717) is 22.6 Å². The third-order valence-electron chi connectivity index (χ3n) is 5.06. The summed E-state index contributed by atoms with van der Waals surface area (Å²) in [6, 6.07) is 14.8. The lowest BCUT2D eigenvalue weighted by molar-refractivity contribution is 0.0961. The summed E-state index contributed by atoms with van der Waals surface area (Å²) in [4.78, 5) is 29.7. The number of carbonyl (C=O) groups excluding carboxylic acids is 2.